The topological polar surface area (TPSA) is 118 Å². The SMILES string of the molecule is O=S(NS(=O)(=O)C(F)(F)F)C(F)(F)C(F)(F)C(F)(F)S(=O)(=O)O. The first-order valence-electron chi connectivity index (χ1n) is 4.24. The molecule has 1 atom stereocenters. The van der Waals surface area contributed by atoms with E-state index in [1.54, 1.807) is 0 Å². The molecular formula is C4H2F9NO6S3. The van der Waals surface area contributed by atoms with Gasteiger partial charge in [0.25, 0.3) is 0 Å². The van der Waals surface area contributed by atoms with Gasteiger partial charge in [0.2, 0.25) is 0 Å². The summed E-state index contributed by atoms with van der Waals surface area (Å²) in [6, 6.07) is 0. The average Bonchev–Trinajstić information content (AvgIpc) is 2.24. The number of hydrogen-bond acceptors (Lipinski definition) is 5. The van der Waals surface area contributed by atoms with Crippen LogP contribution in [0.15, 0.2) is 0 Å². The first-order valence-corrected chi connectivity index (χ1v) is 8.31. The van der Waals surface area contributed by atoms with E-state index in [9.17, 15) is 60.6 Å². The van der Waals surface area contributed by atoms with Crippen LogP contribution in [-0.2, 0) is 31.1 Å². The van der Waals surface area contributed by atoms with Gasteiger partial charge < -0.3 is 0 Å². The van der Waals surface area contributed by atoms with Gasteiger partial charge in [-0.25, -0.2) is 12.6 Å². The summed E-state index contributed by atoms with van der Waals surface area (Å²) in [6.45, 7) is 0. The minimum atomic E-state index is -7.26. The minimum Gasteiger partial charge on any atom is -0.281 e. The van der Waals surface area contributed by atoms with Crippen LogP contribution in [0.3, 0.4) is 0 Å². The molecule has 7 nitrogen and oxygen atoms in total. The molecule has 23 heavy (non-hydrogen) atoms. The Bertz CT molecular complexity index is 693. The molecule has 0 aliphatic heterocycles. The molecule has 0 saturated heterocycles. The van der Waals surface area contributed by atoms with Crippen molar-refractivity contribution in [1.82, 2.24) is 4.13 Å². The molecule has 1 unspecified atom stereocenters. The van der Waals surface area contributed by atoms with E-state index in [0.29, 0.717) is 0 Å². The van der Waals surface area contributed by atoms with Crippen LogP contribution in [0.4, 0.5) is 39.5 Å². The number of rotatable bonds is 6. The summed E-state index contributed by atoms with van der Waals surface area (Å²) in [5.41, 5.74) is -6.43. The molecule has 0 aliphatic carbocycles. The molecule has 0 radical (unpaired) electrons. The highest BCUT2D eigenvalue weighted by Crippen LogP contribution is 2.49. The van der Waals surface area contributed by atoms with Crippen LogP contribution >= 0.6 is 0 Å². The van der Waals surface area contributed by atoms with Crippen molar-refractivity contribution < 1.29 is 65.1 Å². The molecule has 19 heteroatoms. The molecular weight excluding hydrogens is 425 g/mol. The lowest BCUT2D eigenvalue weighted by molar-refractivity contribution is -0.244. The molecule has 0 aliphatic rings. The van der Waals surface area contributed by atoms with E-state index < -0.39 is 57.2 Å². The number of nitrogens with one attached hydrogen (secondary N) is 1. The molecule has 0 saturated carbocycles. The number of alkyl halides is 9. The fourth-order valence-corrected chi connectivity index (χ4v) is 3.12. The predicted molar refractivity (Wildman–Crippen MR) is 52.6 cm³/mol. The molecule has 2 N–H and O–H groups in total. The van der Waals surface area contributed by atoms with Crippen LogP contribution in [0.5, 0.6) is 0 Å². The highest BCUT2D eigenvalue weighted by molar-refractivity contribution is 8.02. The highest BCUT2D eigenvalue weighted by Gasteiger charge is 2.80. The molecule has 140 valence electrons. The van der Waals surface area contributed by atoms with Gasteiger partial charge in [-0.1, -0.05) is 0 Å². The summed E-state index contributed by atoms with van der Waals surface area (Å²) in [7, 11) is -19.6. The van der Waals surface area contributed by atoms with E-state index in [2.05, 4.69) is 0 Å². The summed E-state index contributed by atoms with van der Waals surface area (Å²) in [4.78, 5) is 0. The third-order valence-electron chi connectivity index (χ3n) is 1.78. The van der Waals surface area contributed by atoms with Gasteiger partial charge in [-0.05, 0) is 0 Å². The lowest BCUT2D eigenvalue weighted by atomic mass is 10.3. The van der Waals surface area contributed by atoms with E-state index in [1.165, 1.54) is 0 Å². The maximum Gasteiger partial charge on any atom is 0.512 e. The van der Waals surface area contributed by atoms with Crippen molar-refractivity contribution >= 4 is 31.1 Å². The Hall–Kier alpha value is -0.660. The van der Waals surface area contributed by atoms with Gasteiger partial charge in [0.15, 0.2) is 11.0 Å². The van der Waals surface area contributed by atoms with E-state index in [1.807, 2.05) is 0 Å². The molecule has 0 fully saturated rings. The monoisotopic (exact) mass is 427 g/mol. The second kappa shape index (κ2) is 5.70. The van der Waals surface area contributed by atoms with Crippen LogP contribution in [0.1, 0.15) is 0 Å². The van der Waals surface area contributed by atoms with Gasteiger partial charge in [-0.15, -0.1) is 4.13 Å². The molecule has 0 heterocycles. The first kappa shape index (κ1) is 22.3. The smallest absolute Gasteiger partial charge is 0.281 e. The van der Waals surface area contributed by atoms with E-state index in [4.69, 9.17) is 4.55 Å². The fourth-order valence-electron chi connectivity index (χ4n) is 0.647. The van der Waals surface area contributed by atoms with Gasteiger partial charge in [0.05, 0.1) is 0 Å². The molecule has 0 rings (SSSR count). The van der Waals surface area contributed by atoms with Crippen LogP contribution < -0.4 is 4.13 Å². The number of halogens is 9. The van der Waals surface area contributed by atoms with Gasteiger partial charge >= 0.3 is 42.1 Å². The Balaban J connectivity index is 5.97. The van der Waals surface area contributed by atoms with Crippen LogP contribution in [0.25, 0.3) is 0 Å². The standard InChI is InChI=1S/C4H2F9NO6S3/c5-1(6,3(9,10)23(18,19)20)2(7,8)21(15)14-22(16,17)4(11,12)13/h14H,(H,18,19,20). The molecule has 0 aromatic rings. The summed E-state index contributed by atoms with van der Waals surface area (Å²) in [5.74, 6) is -7.26. The van der Waals surface area contributed by atoms with Crippen molar-refractivity contribution in [2.24, 2.45) is 0 Å². The third kappa shape index (κ3) is 3.72. The Kier molecular flexibility index (Phi) is 5.54. The average molecular weight is 427 g/mol. The van der Waals surface area contributed by atoms with Crippen molar-refractivity contribution in [2.45, 2.75) is 21.9 Å². The zero-order chi connectivity index (χ0) is 19.3. The van der Waals surface area contributed by atoms with Crippen molar-refractivity contribution in [3.8, 4) is 0 Å². The van der Waals surface area contributed by atoms with Gasteiger partial charge in [-0.2, -0.15) is 47.9 Å². The Morgan fingerprint density at radius 3 is 1.43 bits per heavy atom. The maximum absolute atomic E-state index is 12.9. The van der Waals surface area contributed by atoms with Gasteiger partial charge in [-0.3, -0.25) is 4.55 Å². The lowest BCUT2D eigenvalue weighted by Gasteiger charge is -2.29. The summed E-state index contributed by atoms with van der Waals surface area (Å²) < 4.78 is 171. The number of hydrogen-bond donors (Lipinski definition) is 2. The fraction of sp³-hybridized carbons (Fsp3) is 1.00. The van der Waals surface area contributed by atoms with Gasteiger partial charge in [0, 0.05) is 0 Å². The van der Waals surface area contributed by atoms with E-state index >= 15 is 0 Å². The van der Waals surface area contributed by atoms with Crippen molar-refractivity contribution in [1.29, 1.82) is 0 Å². The van der Waals surface area contributed by atoms with Gasteiger partial charge in [0.1, 0.15) is 0 Å². The molecule has 0 spiro atoms. The van der Waals surface area contributed by atoms with Crippen molar-refractivity contribution in [3.63, 3.8) is 0 Å². The zero-order valence-corrected chi connectivity index (χ0v) is 12.1. The Morgan fingerprint density at radius 1 is 0.826 bits per heavy atom. The molecule has 0 aromatic heterocycles. The first-order chi connectivity index (χ1) is 9.63. The quantitative estimate of drug-likeness (QED) is 0.478. The highest BCUT2D eigenvalue weighted by atomic mass is 32.3. The second-order valence-corrected chi connectivity index (χ2v) is 8.03. The predicted octanol–water partition coefficient (Wildman–Crippen LogP) is 0.798. The molecule has 0 aromatic carbocycles. The Labute approximate surface area is 123 Å². The summed E-state index contributed by atoms with van der Waals surface area (Å²) >= 11 is 0. The van der Waals surface area contributed by atoms with Crippen LogP contribution in [-0.4, -0.2) is 47.5 Å². The van der Waals surface area contributed by atoms with Crippen LogP contribution in [0.2, 0.25) is 0 Å². The van der Waals surface area contributed by atoms with E-state index in [-0.39, 0.29) is 0 Å². The maximum atomic E-state index is 12.9. The Morgan fingerprint density at radius 2 is 1.17 bits per heavy atom. The third-order valence-corrected chi connectivity index (χ3v) is 5.50. The lowest BCUT2D eigenvalue weighted by Crippen LogP contribution is -2.61. The van der Waals surface area contributed by atoms with Crippen LogP contribution in [0, 0.1) is 0 Å². The molecule has 0 amide bonds. The summed E-state index contributed by atoms with van der Waals surface area (Å²) in [5, 5.41) is -13.9. The zero-order valence-electron chi connectivity index (χ0n) is 9.61. The van der Waals surface area contributed by atoms with Crippen molar-refractivity contribution in [2.75, 3.05) is 0 Å². The van der Waals surface area contributed by atoms with E-state index in [0.717, 1.165) is 0 Å². The normalized spacial score (nSPS) is 17.1. The largest absolute Gasteiger partial charge is 0.512 e. The minimum absolute atomic E-state index is 0.554. The molecule has 0 bridgehead atoms. The van der Waals surface area contributed by atoms with Crippen molar-refractivity contribution in [3.05, 3.63) is 0 Å². The second-order valence-electron chi connectivity index (χ2n) is 3.38. The summed E-state index contributed by atoms with van der Waals surface area (Å²) in [6.07, 6.45) is 0. The number of sulfonamides is 1.